The highest BCUT2D eigenvalue weighted by molar-refractivity contribution is 6.00. The lowest BCUT2D eigenvalue weighted by Gasteiger charge is -2.35. The van der Waals surface area contributed by atoms with E-state index in [9.17, 15) is 9.59 Å². The Morgan fingerprint density at radius 2 is 1.04 bits per heavy atom. The molecule has 2 amide bonds. The molecule has 0 unspecified atom stereocenters. The largest absolute Gasteiger partial charge is 0.304 e. The molecule has 0 aromatic rings. The van der Waals surface area contributed by atoms with Crippen LogP contribution in [0.2, 0.25) is 0 Å². The third-order valence-corrected chi connectivity index (χ3v) is 4.77. The van der Waals surface area contributed by atoms with Gasteiger partial charge < -0.3 is 9.80 Å². The van der Waals surface area contributed by atoms with Crippen LogP contribution in [0.4, 0.5) is 0 Å². The van der Waals surface area contributed by atoms with Gasteiger partial charge in [-0.2, -0.15) is 0 Å². The van der Waals surface area contributed by atoms with Crippen LogP contribution in [0.1, 0.15) is 13.8 Å². The van der Waals surface area contributed by atoms with E-state index in [4.69, 9.17) is 0 Å². The van der Waals surface area contributed by atoms with Crippen LogP contribution in [-0.4, -0.2) is 98.1 Å². The number of hydrogen-bond acceptors (Lipinski definition) is 6. The molecular formula is C16H32N6O2. The number of likely N-dealkylation sites (N-methyl/N-ethyl adjacent to an activating group) is 2. The van der Waals surface area contributed by atoms with Gasteiger partial charge in [0.1, 0.15) is 5.92 Å². The van der Waals surface area contributed by atoms with Gasteiger partial charge in [-0.3, -0.25) is 20.4 Å². The molecule has 2 rings (SSSR count). The van der Waals surface area contributed by atoms with Gasteiger partial charge in [-0.1, -0.05) is 13.8 Å². The average Bonchev–Trinajstić information content (AvgIpc) is 2.51. The van der Waals surface area contributed by atoms with E-state index >= 15 is 0 Å². The second-order valence-electron chi connectivity index (χ2n) is 7.25. The van der Waals surface area contributed by atoms with Crippen molar-refractivity contribution in [1.29, 1.82) is 0 Å². The predicted octanol–water partition coefficient (Wildman–Crippen LogP) is -1.18. The van der Waals surface area contributed by atoms with Gasteiger partial charge >= 0.3 is 0 Å². The van der Waals surface area contributed by atoms with E-state index in [-0.39, 0.29) is 17.7 Å². The first-order chi connectivity index (χ1) is 11.4. The maximum absolute atomic E-state index is 12.6. The summed E-state index contributed by atoms with van der Waals surface area (Å²) in [4.78, 5) is 29.7. The van der Waals surface area contributed by atoms with Gasteiger partial charge in [-0.05, 0) is 20.0 Å². The summed E-state index contributed by atoms with van der Waals surface area (Å²) in [5.74, 6) is -1.14. The predicted molar refractivity (Wildman–Crippen MR) is 92.8 cm³/mol. The summed E-state index contributed by atoms with van der Waals surface area (Å²) in [5.41, 5.74) is 5.85. The molecule has 2 N–H and O–H groups in total. The molecule has 0 atom stereocenters. The fourth-order valence-corrected chi connectivity index (χ4v) is 3.01. The molecule has 2 aliphatic rings. The second kappa shape index (κ2) is 8.75. The number of nitrogens with zero attached hydrogens (tertiary/aromatic N) is 4. The lowest BCUT2D eigenvalue weighted by Crippen LogP contribution is -2.58. The number of carbonyl (C=O) groups excluding carboxylic acids is 2. The first-order valence-corrected chi connectivity index (χ1v) is 8.85. The van der Waals surface area contributed by atoms with Gasteiger partial charge in [-0.15, -0.1) is 0 Å². The highest BCUT2D eigenvalue weighted by Crippen LogP contribution is 2.13. The van der Waals surface area contributed by atoms with E-state index in [0.29, 0.717) is 0 Å². The monoisotopic (exact) mass is 340 g/mol. The van der Waals surface area contributed by atoms with E-state index in [0.717, 1.165) is 52.4 Å². The zero-order valence-electron chi connectivity index (χ0n) is 15.4. The smallest absolute Gasteiger partial charge is 0.247 e. The average molecular weight is 340 g/mol. The molecule has 0 aromatic carbocycles. The van der Waals surface area contributed by atoms with Crippen molar-refractivity contribution in [3.63, 3.8) is 0 Å². The van der Waals surface area contributed by atoms with Crippen LogP contribution in [0.3, 0.4) is 0 Å². The van der Waals surface area contributed by atoms with Crippen molar-refractivity contribution < 1.29 is 9.59 Å². The number of nitrogens with one attached hydrogen (secondary N) is 2. The summed E-state index contributed by atoms with van der Waals surface area (Å²) in [6, 6.07) is 0. The van der Waals surface area contributed by atoms with Crippen LogP contribution in [0.5, 0.6) is 0 Å². The van der Waals surface area contributed by atoms with Crippen LogP contribution in [0.15, 0.2) is 0 Å². The quantitative estimate of drug-likeness (QED) is 0.614. The van der Waals surface area contributed by atoms with Crippen molar-refractivity contribution >= 4 is 11.8 Å². The molecule has 2 aliphatic heterocycles. The first-order valence-electron chi connectivity index (χ1n) is 8.85. The molecular weight excluding hydrogens is 308 g/mol. The molecule has 8 heteroatoms. The van der Waals surface area contributed by atoms with E-state index in [2.05, 4.69) is 34.7 Å². The van der Waals surface area contributed by atoms with E-state index in [1.165, 1.54) is 0 Å². The summed E-state index contributed by atoms with van der Waals surface area (Å²) in [6.45, 7) is 10.6. The molecule has 0 saturated carbocycles. The number of hydrogen-bond donors (Lipinski definition) is 2. The van der Waals surface area contributed by atoms with Gasteiger partial charge in [0.25, 0.3) is 0 Å². The SMILES string of the molecule is CC(C)C(C(=O)NN1CCN(C)CC1)C(=O)NN1CCN(C)CC1. The lowest BCUT2D eigenvalue weighted by molar-refractivity contribution is -0.143. The molecule has 2 saturated heterocycles. The number of rotatable bonds is 5. The van der Waals surface area contributed by atoms with Crippen molar-refractivity contribution in [3.05, 3.63) is 0 Å². The Morgan fingerprint density at radius 3 is 1.33 bits per heavy atom. The topological polar surface area (TPSA) is 71.2 Å². The van der Waals surface area contributed by atoms with Gasteiger partial charge in [0.2, 0.25) is 11.8 Å². The van der Waals surface area contributed by atoms with E-state index in [1.54, 1.807) is 0 Å². The molecule has 0 aliphatic carbocycles. The summed E-state index contributed by atoms with van der Waals surface area (Å²) in [5, 5.41) is 3.84. The van der Waals surface area contributed by atoms with Gasteiger partial charge in [0.05, 0.1) is 0 Å². The summed E-state index contributed by atoms with van der Waals surface area (Å²) in [7, 11) is 4.14. The summed E-state index contributed by atoms with van der Waals surface area (Å²) in [6.07, 6.45) is 0. The molecule has 0 spiro atoms. The Morgan fingerprint density at radius 1 is 0.708 bits per heavy atom. The first kappa shape index (κ1) is 19.1. The van der Waals surface area contributed by atoms with Crippen molar-refractivity contribution in [2.45, 2.75) is 13.8 Å². The zero-order valence-corrected chi connectivity index (χ0v) is 15.4. The minimum atomic E-state index is -0.677. The fourth-order valence-electron chi connectivity index (χ4n) is 3.01. The van der Waals surface area contributed by atoms with Gasteiger partial charge in [0, 0.05) is 52.4 Å². The number of piperazine rings is 2. The van der Waals surface area contributed by atoms with Crippen molar-refractivity contribution in [1.82, 2.24) is 30.7 Å². The molecule has 0 aromatic heterocycles. The second-order valence-corrected chi connectivity index (χ2v) is 7.25. The Hall–Kier alpha value is -1.22. The van der Waals surface area contributed by atoms with Crippen LogP contribution in [-0.2, 0) is 9.59 Å². The van der Waals surface area contributed by atoms with Gasteiger partial charge in [0.15, 0.2) is 0 Å². The van der Waals surface area contributed by atoms with Crippen LogP contribution < -0.4 is 10.9 Å². The van der Waals surface area contributed by atoms with E-state index < -0.39 is 5.92 Å². The Labute approximate surface area is 145 Å². The third-order valence-electron chi connectivity index (χ3n) is 4.77. The third kappa shape index (κ3) is 5.41. The number of carbonyl (C=O) groups is 2. The molecule has 138 valence electrons. The zero-order chi connectivity index (χ0) is 17.7. The van der Waals surface area contributed by atoms with Crippen LogP contribution >= 0.6 is 0 Å². The van der Waals surface area contributed by atoms with Gasteiger partial charge in [-0.25, -0.2) is 10.0 Å². The minimum absolute atomic E-state index is 0.0510. The van der Waals surface area contributed by atoms with Crippen molar-refractivity contribution in [2.75, 3.05) is 66.5 Å². The molecule has 8 nitrogen and oxygen atoms in total. The minimum Gasteiger partial charge on any atom is -0.304 e. The maximum atomic E-state index is 12.6. The highest BCUT2D eigenvalue weighted by atomic mass is 16.2. The Balaban J connectivity index is 1.87. The van der Waals surface area contributed by atoms with Crippen molar-refractivity contribution in [2.24, 2.45) is 11.8 Å². The maximum Gasteiger partial charge on any atom is 0.247 e. The summed E-state index contributed by atoms with van der Waals surface area (Å²) < 4.78 is 0. The molecule has 24 heavy (non-hydrogen) atoms. The molecule has 2 heterocycles. The Bertz CT molecular complexity index is 392. The van der Waals surface area contributed by atoms with Crippen molar-refractivity contribution in [3.8, 4) is 0 Å². The highest BCUT2D eigenvalue weighted by Gasteiger charge is 2.32. The molecule has 0 radical (unpaired) electrons. The number of amides is 2. The summed E-state index contributed by atoms with van der Waals surface area (Å²) >= 11 is 0. The fraction of sp³-hybridized carbons (Fsp3) is 0.875. The van der Waals surface area contributed by atoms with Crippen LogP contribution in [0.25, 0.3) is 0 Å². The normalized spacial score (nSPS) is 22.1. The standard InChI is InChI=1S/C16H32N6O2/c1-13(2)14(15(23)17-21-9-5-19(3)6-10-21)16(24)18-22-11-7-20(4)8-12-22/h13-14H,5-12H2,1-4H3,(H,17,23)(H,18,24). The van der Waals surface area contributed by atoms with Crippen LogP contribution in [0, 0.1) is 11.8 Å². The van der Waals surface area contributed by atoms with E-state index in [1.807, 2.05) is 23.9 Å². The Kier molecular flexibility index (Phi) is 6.97. The number of hydrazine groups is 2. The lowest BCUT2D eigenvalue weighted by atomic mass is 9.94. The molecule has 0 bridgehead atoms. The molecule has 2 fully saturated rings.